The van der Waals surface area contributed by atoms with Gasteiger partial charge in [-0.25, -0.2) is 0 Å². The molecule has 0 aromatic carbocycles. The molecule has 0 radical (unpaired) electrons. The van der Waals surface area contributed by atoms with Gasteiger partial charge in [0, 0.05) is 38.4 Å². The van der Waals surface area contributed by atoms with Gasteiger partial charge in [0.15, 0.2) is 0 Å². The molecule has 19 heavy (non-hydrogen) atoms. The second-order valence-corrected chi connectivity index (χ2v) is 6.60. The van der Waals surface area contributed by atoms with E-state index in [0.717, 1.165) is 52.1 Å². The molecule has 0 aromatic heterocycles. The quantitative estimate of drug-likeness (QED) is 0.762. The van der Waals surface area contributed by atoms with Gasteiger partial charge in [0.25, 0.3) is 0 Å². The average Bonchev–Trinajstić information content (AvgIpc) is 2.85. The molecule has 0 bridgehead atoms. The smallest absolute Gasteiger partial charge is 0.0586 e. The molecule has 1 unspecified atom stereocenters. The van der Waals surface area contributed by atoms with Crippen LogP contribution in [-0.2, 0) is 4.74 Å². The Morgan fingerprint density at radius 3 is 2.74 bits per heavy atom. The number of hydrogen-bond acceptors (Lipinski definition) is 4. The molecule has 2 aliphatic heterocycles. The molecular weight excluding hydrogens is 240 g/mol. The van der Waals surface area contributed by atoms with Crippen LogP contribution in [0.15, 0.2) is 0 Å². The summed E-state index contributed by atoms with van der Waals surface area (Å²) in [6.45, 7) is 9.83. The van der Waals surface area contributed by atoms with E-state index in [-0.39, 0.29) is 0 Å². The van der Waals surface area contributed by atoms with E-state index in [2.05, 4.69) is 24.1 Å². The van der Waals surface area contributed by atoms with Crippen LogP contribution in [0.1, 0.15) is 39.5 Å². The van der Waals surface area contributed by atoms with Crippen LogP contribution >= 0.6 is 0 Å². The highest BCUT2D eigenvalue weighted by Crippen LogP contribution is 2.33. The number of nitrogens with zero attached hydrogens (tertiary/aromatic N) is 1. The Morgan fingerprint density at radius 2 is 2.11 bits per heavy atom. The summed E-state index contributed by atoms with van der Waals surface area (Å²) >= 11 is 0. The Bertz CT molecular complexity index is 265. The zero-order valence-corrected chi connectivity index (χ0v) is 12.5. The van der Waals surface area contributed by atoms with Crippen molar-refractivity contribution < 1.29 is 9.84 Å². The van der Waals surface area contributed by atoms with Gasteiger partial charge < -0.3 is 15.2 Å². The van der Waals surface area contributed by atoms with E-state index in [1.54, 1.807) is 0 Å². The minimum absolute atomic E-state index is 0.310. The predicted molar refractivity (Wildman–Crippen MR) is 77.3 cm³/mol. The van der Waals surface area contributed by atoms with Crippen molar-refractivity contribution in [3.63, 3.8) is 0 Å². The van der Waals surface area contributed by atoms with Crippen LogP contribution < -0.4 is 5.32 Å². The Hall–Kier alpha value is -0.160. The SMILES string of the molecule is CC(C)NCC1(CN2CCCC2CO)CCOCC1. The van der Waals surface area contributed by atoms with Crippen molar-refractivity contribution in [3.8, 4) is 0 Å². The van der Waals surface area contributed by atoms with E-state index in [1.165, 1.54) is 6.42 Å². The summed E-state index contributed by atoms with van der Waals surface area (Å²) in [4.78, 5) is 2.51. The normalized spacial score (nSPS) is 28.1. The Balaban J connectivity index is 1.96. The highest BCUT2D eigenvalue weighted by molar-refractivity contribution is 4.91. The summed E-state index contributed by atoms with van der Waals surface area (Å²) in [5.41, 5.74) is 0.334. The fourth-order valence-corrected chi connectivity index (χ4v) is 3.36. The number of aliphatic hydroxyl groups excluding tert-OH is 1. The Morgan fingerprint density at radius 1 is 1.37 bits per heavy atom. The molecule has 0 spiro atoms. The van der Waals surface area contributed by atoms with Crippen LogP contribution in [0.2, 0.25) is 0 Å². The topological polar surface area (TPSA) is 44.7 Å². The number of hydrogen-bond donors (Lipinski definition) is 2. The van der Waals surface area contributed by atoms with E-state index in [0.29, 0.717) is 24.1 Å². The van der Waals surface area contributed by atoms with E-state index >= 15 is 0 Å². The lowest BCUT2D eigenvalue weighted by Gasteiger charge is -2.42. The maximum atomic E-state index is 9.49. The molecule has 2 aliphatic rings. The van der Waals surface area contributed by atoms with Crippen LogP contribution in [0.4, 0.5) is 0 Å². The number of ether oxygens (including phenoxy) is 1. The first-order valence-corrected chi connectivity index (χ1v) is 7.81. The molecule has 0 aliphatic carbocycles. The first kappa shape index (κ1) is 15.2. The predicted octanol–water partition coefficient (Wildman–Crippen LogP) is 1.24. The van der Waals surface area contributed by atoms with Gasteiger partial charge in [-0.3, -0.25) is 4.90 Å². The van der Waals surface area contributed by atoms with Crippen molar-refractivity contribution >= 4 is 0 Å². The van der Waals surface area contributed by atoms with Crippen molar-refractivity contribution in [2.45, 2.75) is 51.6 Å². The van der Waals surface area contributed by atoms with Crippen molar-refractivity contribution in [2.24, 2.45) is 5.41 Å². The first-order chi connectivity index (χ1) is 9.15. The Kier molecular flexibility index (Phi) is 5.63. The van der Waals surface area contributed by atoms with Crippen molar-refractivity contribution in [2.75, 3.05) is 39.5 Å². The molecule has 0 saturated carbocycles. The summed E-state index contributed by atoms with van der Waals surface area (Å²) in [7, 11) is 0. The van der Waals surface area contributed by atoms with Crippen molar-refractivity contribution in [3.05, 3.63) is 0 Å². The molecule has 2 heterocycles. The third kappa shape index (κ3) is 4.15. The summed E-state index contributed by atoms with van der Waals surface area (Å²) in [5.74, 6) is 0. The van der Waals surface area contributed by atoms with Crippen LogP contribution in [-0.4, -0.2) is 61.5 Å². The van der Waals surface area contributed by atoms with Gasteiger partial charge in [-0.15, -0.1) is 0 Å². The molecule has 2 saturated heterocycles. The van der Waals surface area contributed by atoms with Gasteiger partial charge in [-0.1, -0.05) is 13.8 Å². The summed E-state index contributed by atoms with van der Waals surface area (Å²) < 4.78 is 5.55. The lowest BCUT2D eigenvalue weighted by Crippen LogP contribution is -2.50. The van der Waals surface area contributed by atoms with E-state index in [1.807, 2.05) is 0 Å². The lowest BCUT2D eigenvalue weighted by molar-refractivity contribution is -0.0108. The van der Waals surface area contributed by atoms with Gasteiger partial charge >= 0.3 is 0 Å². The second-order valence-electron chi connectivity index (χ2n) is 6.60. The number of nitrogens with one attached hydrogen (secondary N) is 1. The standard InChI is InChI=1S/C15H30N2O2/c1-13(2)16-11-15(5-8-19-9-6-15)12-17-7-3-4-14(17)10-18/h13-14,16,18H,3-12H2,1-2H3. The highest BCUT2D eigenvalue weighted by Gasteiger charge is 2.37. The fourth-order valence-electron chi connectivity index (χ4n) is 3.36. The van der Waals surface area contributed by atoms with E-state index in [9.17, 15) is 5.11 Å². The zero-order valence-electron chi connectivity index (χ0n) is 12.5. The monoisotopic (exact) mass is 270 g/mol. The maximum absolute atomic E-state index is 9.49. The molecular formula is C15H30N2O2. The van der Waals surface area contributed by atoms with Crippen LogP contribution in [0.3, 0.4) is 0 Å². The Labute approximate surface area is 117 Å². The van der Waals surface area contributed by atoms with Gasteiger partial charge in [-0.2, -0.15) is 0 Å². The minimum atomic E-state index is 0.310. The molecule has 1 atom stereocenters. The molecule has 2 rings (SSSR count). The van der Waals surface area contributed by atoms with Gasteiger partial charge in [0.05, 0.1) is 6.61 Å². The van der Waals surface area contributed by atoms with Crippen LogP contribution in [0, 0.1) is 5.41 Å². The largest absolute Gasteiger partial charge is 0.395 e. The average molecular weight is 270 g/mol. The van der Waals surface area contributed by atoms with Crippen molar-refractivity contribution in [1.29, 1.82) is 0 Å². The molecule has 0 aromatic rings. The summed E-state index contributed by atoms with van der Waals surface area (Å²) in [6.07, 6.45) is 4.67. The lowest BCUT2D eigenvalue weighted by atomic mass is 9.79. The number of aliphatic hydroxyl groups is 1. The van der Waals surface area contributed by atoms with Crippen molar-refractivity contribution in [1.82, 2.24) is 10.2 Å². The van der Waals surface area contributed by atoms with Gasteiger partial charge in [0.1, 0.15) is 0 Å². The number of rotatable bonds is 6. The molecule has 2 N–H and O–H groups in total. The third-order valence-electron chi connectivity index (χ3n) is 4.69. The van der Waals surface area contributed by atoms with E-state index in [4.69, 9.17) is 4.74 Å². The minimum Gasteiger partial charge on any atom is -0.395 e. The maximum Gasteiger partial charge on any atom is 0.0586 e. The third-order valence-corrected chi connectivity index (χ3v) is 4.69. The van der Waals surface area contributed by atoms with Crippen LogP contribution in [0.25, 0.3) is 0 Å². The fraction of sp³-hybridized carbons (Fsp3) is 1.00. The van der Waals surface area contributed by atoms with Crippen LogP contribution in [0.5, 0.6) is 0 Å². The molecule has 0 amide bonds. The molecule has 4 nitrogen and oxygen atoms in total. The molecule has 112 valence electrons. The van der Waals surface area contributed by atoms with Gasteiger partial charge in [-0.05, 0) is 37.6 Å². The van der Waals surface area contributed by atoms with E-state index < -0.39 is 0 Å². The first-order valence-electron chi connectivity index (χ1n) is 7.81. The summed E-state index contributed by atoms with van der Waals surface area (Å²) in [5, 5.41) is 13.1. The molecule has 4 heteroatoms. The van der Waals surface area contributed by atoms with Gasteiger partial charge in [0.2, 0.25) is 0 Å². The molecule has 2 fully saturated rings. The summed E-state index contributed by atoms with van der Waals surface area (Å²) in [6, 6.07) is 0.922. The second kappa shape index (κ2) is 7.02. The highest BCUT2D eigenvalue weighted by atomic mass is 16.5. The zero-order chi connectivity index (χ0) is 13.7. The number of likely N-dealkylation sites (tertiary alicyclic amines) is 1.